The number of carboxylic acids is 1. The summed E-state index contributed by atoms with van der Waals surface area (Å²) in [5, 5.41) is 20.1. The average molecular weight is 308 g/mol. The first-order valence-electron chi connectivity index (χ1n) is 6.81. The van der Waals surface area contributed by atoms with Gasteiger partial charge in [0.25, 0.3) is 0 Å². The minimum atomic E-state index is -1.05. The third kappa shape index (κ3) is 3.29. The number of hydrogen-bond acceptors (Lipinski definition) is 5. The first-order chi connectivity index (χ1) is 9.70. The number of carboxylic acid groups (broad SMARTS) is 1. The molecule has 0 spiro atoms. The van der Waals surface area contributed by atoms with Crippen LogP contribution in [-0.4, -0.2) is 31.1 Å². The van der Waals surface area contributed by atoms with Gasteiger partial charge in [-0.3, -0.25) is 0 Å². The van der Waals surface area contributed by atoms with E-state index in [-0.39, 0.29) is 11.1 Å². The minimum absolute atomic E-state index is 0.0156. The van der Waals surface area contributed by atoms with Crippen molar-refractivity contribution in [2.75, 3.05) is 0 Å². The topological polar surface area (TPSA) is 80.9 Å². The van der Waals surface area contributed by atoms with Gasteiger partial charge in [-0.2, -0.15) is 0 Å². The van der Waals surface area contributed by atoms with Crippen LogP contribution in [0.5, 0.6) is 0 Å². The van der Waals surface area contributed by atoms with Crippen LogP contribution in [0.25, 0.3) is 0 Å². The molecule has 1 N–H and O–H groups in total. The number of aromatic carboxylic acids is 1. The summed E-state index contributed by atoms with van der Waals surface area (Å²) in [7, 11) is 0. The van der Waals surface area contributed by atoms with E-state index in [0.717, 1.165) is 10.7 Å². The van der Waals surface area contributed by atoms with Crippen molar-refractivity contribution < 1.29 is 9.90 Å². The predicted molar refractivity (Wildman–Crippen MR) is 81.0 cm³/mol. The average Bonchev–Trinajstić information content (AvgIpc) is 2.94. The normalized spacial score (nSPS) is 12.1. The Balaban J connectivity index is 2.37. The maximum absolute atomic E-state index is 11.3. The Labute approximate surface area is 127 Å². The molecule has 0 bridgehead atoms. The molecule has 2 heterocycles. The molecule has 0 unspecified atom stereocenters. The Kier molecular flexibility index (Phi) is 4.13. The van der Waals surface area contributed by atoms with Crippen LogP contribution in [0.15, 0.2) is 5.38 Å². The lowest BCUT2D eigenvalue weighted by atomic mass is 9.90. The van der Waals surface area contributed by atoms with Crippen molar-refractivity contribution >= 4 is 17.3 Å². The van der Waals surface area contributed by atoms with Gasteiger partial charge in [0.05, 0.1) is 22.9 Å². The molecule has 0 saturated carbocycles. The molecule has 0 radical (unpaired) electrons. The van der Waals surface area contributed by atoms with Crippen molar-refractivity contribution in [3.8, 4) is 0 Å². The van der Waals surface area contributed by atoms with Crippen LogP contribution in [0.4, 0.5) is 0 Å². The van der Waals surface area contributed by atoms with Crippen LogP contribution in [-0.2, 0) is 12.0 Å². The third-order valence-electron chi connectivity index (χ3n) is 3.02. The summed E-state index contributed by atoms with van der Waals surface area (Å²) in [6.45, 7) is 10.5. The molecule has 6 nitrogen and oxygen atoms in total. The summed E-state index contributed by atoms with van der Waals surface area (Å²) < 4.78 is 1.64. The largest absolute Gasteiger partial charge is 0.476 e. The summed E-state index contributed by atoms with van der Waals surface area (Å²) in [4.78, 5) is 15.9. The Morgan fingerprint density at radius 2 is 2.10 bits per heavy atom. The predicted octanol–water partition coefficient (Wildman–Crippen LogP) is 2.90. The Hall–Kier alpha value is -1.76. The molecule has 2 aromatic heterocycles. The van der Waals surface area contributed by atoms with Crippen LogP contribution in [0.1, 0.15) is 67.4 Å². The van der Waals surface area contributed by atoms with Crippen molar-refractivity contribution in [2.45, 2.75) is 52.5 Å². The van der Waals surface area contributed by atoms with Crippen LogP contribution < -0.4 is 0 Å². The fraction of sp³-hybridized carbons (Fsp3) is 0.571. The lowest BCUT2D eigenvalue weighted by Crippen LogP contribution is -2.22. The molecule has 0 aliphatic rings. The highest BCUT2D eigenvalue weighted by molar-refractivity contribution is 7.09. The second kappa shape index (κ2) is 5.55. The molecule has 0 saturated heterocycles. The summed E-state index contributed by atoms with van der Waals surface area (Å²) >= 11 is 1.61. The Morgan fingerprint density at radius 1 is 1.43 bits per heavy atom. The van der Waals surface area contributed by atoms with E-state index in [0.29, 0.717) is 18.2 Å². The van der Waals surface area contributed by atoms with Crippen molar-refractivity contribution in [3.63, 3.8) is 0 Å². The molecule has 2 rings (SSSR count). The zero-order valence-corrected chi connectivity index (χ0v) is 13.7. The van der Waals surface area contributed by atoms with E-state index in [4.69, 9.17) is 0 Å². The van der Waals surface area contributed by atoms with Gasteiger partial charge in [0.2, 0.25) is 0 Å². The van der Waals surface area contributed by atoms with Crippen molar-refractivity contribution in [1.29, 1.82) is 0 Å². The van der Waals surface area contributed by atoms with E-state index in [1.54, 1.807) is 16.0 Å². The van der Waals surface area contributed by atoms with Gasteiger partial charge in [-0.25, -0.2) is 14.5 Å². The summed E-state index contributed by atoms with van der Waals surface area (Å²) in [6.07, 6.45) is 0. The SMILES string of the molecule is CC(C)c1nc(Cn2nnc(C(=O)O)c2C(C)(C)C)cs1. The Bertz CT molecular complexity index is 652. The monoisotopic (exact) mass is 308 g/mol. The second-order valence-electron chi connectivity index (χ2n) is 6.33. The van der Waals surface area contributed by atoms with Crippen LogP contribution in [0, 0.1) is 0 Å². The zero-order valence-electron chi connectivity index (χ0n) is 12.9. The molecule has 0 aliphatic heterocycles. The van der Waals surface area contributed by atoms with Crippen molar-refractivity contribution in [3.05, 3.63) is 27.5 Å². The standard InChI is InChI=1S/C14H20N4O2S/c1-8(2)12-15-9(7-21-12)6-18-11(14(3,4)5)10(13(19)20)16-17-18/h7-8H,6H2,1-5H3,(H,19,20). The minimum Gasteiger partial charge on any atom is -0.476 e. The molecule has 0 fully saturated rings. The highest BCUT2D eigenvalue weighted by atomic mass is 32.1. The van der Waals surface area contributed by atoms with Gasteiger partial charge in [0.15, 0.2) is 5.69 Å². The molecular formula is C14H20N4O2S. The molecule has 0 aliphatic carbocycles. The lowest BCUT2D eigenvalue weighted by molar-refractivity contribution is 0.0687. The molecule has 0 amide bonds. The van der Waals surface area contributed by atoms with E-state index in [2.05, 4.69) is 29.1 Å². The molecule has 21 heavy (non-hydrogen) atoms. The summed E-state index contributed by atoms with van der Waals surface area (Å²) in [5.41, 5.74) is 1.17. The maximum atomic E-state index is 11.3. The van der Waals surface area contributed by atoms with Gasteiger partial charge in [-0.05, 0) is 0 Å². The number of carbonyl (C=O) groups is 1. The number of rotatable bonds is 4. The van der Waals surface area contributed by atoms with Crippen LogP contribution in [0.3, 0.4) is 0 Å². The van der Waals surface area contributed by atoms with Crippen LogP contribution >= 0.6 is 11.3 Å². The Morgan fingerprint density at radius 3 is 2.57 bits per heavy atom. The fourth-order valence-electron chi connectivity index (χ4n) is 2.12. The molecule has 0 atom stereocenters. The number of nitrogens with zero attached hydrogens (tertiary/aromatic N) is 4. The summed E-state index contributed by atoms with van der Waals surface area (Å²) in [5.74, 6) is -0.663. The summed E-state index contributed by atoms with van der Waals surface area (Å²) in [6, 6.07) is 0. The van der Waals surface area contributed by atoms with Gasteiger partial charge in [-0.1, -0.05) is 39.8 Å². The quantitative estimate of drug-likeness (QED) is 0.939. The van der Waals surface area contributed by atoms with E-state index >= 15 is 0 Å². The van der Waals surface area contributed by atoms with Gasteiger partial charge in [-0.15, -0.1) is 16.4 Å². The molecule has 2 aromatic rings. The first kappa shape index (κ1) is 15.6. The van der Waals surface area contributed by atoms with Crippen molar-refractivity contribution in [1.82, 2.24) is 20.0 Å². The van der Waals surface area contributed by atoms with E-state index in [9.17, 15) is 9.90 Å². The maximum Gasteiger partial charge on any atom is 0.358 e. The van der Waals surface area contributed by atoms with Gasteiger partial charge >= 0.3 is 5.97 Å². The second-order valence-corrected chi connectivity index (χ2v) is 7.22. The fourth-order valence-corrected chi connectivity index (χ4v) is 2.95. The van der Waals surface area contributed by atoms with Gasteiger partial charge < -0.3 is 5.11 Å². The smallest absolute Gasteiger partial charge is 0.358 e. The number of thiazole rings is 1. The number of hydrogen-bond donors (Lipinski definition) is 1. The zero-order chi connectivity index (χ0) is 15.8. The lowest BCUT2D eigenvalue weighted by Gasteiger charge is -2.19. The molecule has 7 heteroatoms. The molecule has 114 valence electrons. The highest BCUT2D eigenvalue weighted by Crippen LogP contribution is 2.26. The van der Waals surface area contributed by atoms with Gasteiger partial charge in [0.1, 0.15) is 0 Å². The third-order valence-corrected chi connectivity index (χ3v) is 4.22. The van der Waals surface area contributed by atoms with E-state index in [1.807, 2.05) is 26.2 Å². The first-order valence-corrected chi connectivity index (χ1v) is 7.69. The highest BCUT2D eigenvalue weighted by Gasteiger charge is 2.29. The number of aromatic nitrogens is 4. The van der Waals surface area contributed by atoms with Gasteiger partial charge in [0, 0.05) is 16.7 Å². The van der Waals surface area contributed by atoms with Crippen molar-refractivity contribution in [2.24, 2.45) is 0 Å². The van der Waals surface area contributed by atoms with Crippen LogP contribution in [0.2, 0.25) is 0 Å². The van der Waals surface area contributed by atoms with E-state index in [1.165, 1.54) is 0 Å². The molecular weight excluding hydrogens is 288 g/mol. The van der Waals surface area contributed by atoms with E-state index < -0.39 is 5.97 Å². The molecule has 0 aromatic carbocycles.